The minimum absolute atomic E-state index is 0.251. The highest BCUT2D eigenvalue weighted by Gasteiger charge is 2.16. The third-order valence-electron chi connectivity index (χ3n) is 4.86. The molecule has 3 N–H and O–H groups in total. The Morgan fingerprint density at radius 3 is 2.39 bits per heavy atom. The van der Waals surface area contributed by atoms with Crippen LogP contribution in [0.4, 0.5) is 5.69 Å². The van der Waals surface area contributed by atoms with Gasteiger partial charge in [0.1, 0.15) is 5.75 Å². The number of nitrogens with zero attached hydrogens (tertiary/aromatic N) is 1. The van der Waals surface area contributed by atoms with Crippen molar-refractivity contribution in [1.82, 2.24) is 4.98 Å². The van der Waals surface area contributed by atoms with Crippen molar-refractivity contribution in [2.24, 2.45) is 5.73 Å². The molecule has 0 spiro atoms. The normalized spacial score (nSPS) is 10.6. The molecule has 4 rings (SSSR count). The van der Waals surface area contributed by atoms with Gasteiger partial charge in [-0.15, -0.1) is 0 Å². The summed E-state index contributed by atoms with van der Waals surface area (Å²) >= 11 is 0. The second-order valence-electron chi connectivity index (χ2n) is 6.89. The zero-order chi connectivity index (χ0) is 21.8. The highest BCUT2D eigenvalue weighted by atomic mass is 16.5. The van der Waals surface area contributed by atoms with Gasteiger partial charge < -0.3 is 15.8 Å². The molecule has 0 bridgehead atoms. The third kappa shape index (κ3) is 4.23. The van der Waals surface area contributed by atoms with Crippen molar-refractivity contribution in [3.63, 3.8) is 0 Å². The zero-order valence-electron chi connectivity index (χ0n) is 17.0. The van der Waals surface area contributed by atoms with E-state index in [1.807, 2.05) is 55.5 Å². The van der Waals surface area contributed by atoms with E-state index in [2.05, 4.69) is 5.32 Å². The molecule has 0 saturated carbocycles. The molecule has 2 amide bonds. The number of hydrogen-bond donors (Lipinski definition) is 2. The summed E-state index contributed by atoms with van der Waals surface area (Å²) in [5, 5.41) is 3.53. The number of aromatic nitrogens is 1. The molecule has 6 heteroatoms. The lowest BCUT2D eigenvalue weighted by Crippen LogP contribution is -2.18. The Labute approximate surface area is 179 Å². The lowest BCUT2D eigenvalue weighted by atomic mass is 10.0. The Balaban J connectivity index is 1.76. The molecule has 0 saturated heterocycles. The number of para-hydroxylation sites is 2. The van der Waals surface area contributed by atoms with Crippen LogP contribution >= 0.6 is 0 Å². The van der Waals surface area contributed by atoms with Gasteiger partial charge >= 0.3 is 0 Å². The lowest BCUT2D eigenvalue weighted by Gasteiger charge is -2.12. The molecular weight excluding hydrogens is 390 g/mol. The first-order valence-corrected chi connectivity index (χ1v) is 9.90. The summed E-state index contributed by atoms with van der Waals surface area (Å²) in [4.78, 5) is 29.7. The summed E-state index contributed by atoms with van der Waals surface area (Å²) in [6.45, 7) is 2.52. The van der Waals surface area contributed by atoms with Crippen LogP contribution in [0.1, 0.15) is 27.6 Å². The molecule has 1 heterocycles. The topological polar surface area (TPSA) is 94.3 Å². The van der Waals surface area contributed by atoms with Crippen LogP contribution < -0.4 is 15.8 Å². The maximum atomic E-state index is 13.2. The Morgan fingerprint density at radius 2 is 1.65 bits per heavy atom. The van der Waals surface area contributed by atoms with Crippen molar-refractivity contribution < 1.29 is 14.3 Å². The number of primary amides is 1. The number of hydrogen-bond acceptors (Lipinski definition) is 4. The molecule has 1 aromatic heterocycles. The first-order chi connectivity index (χ1) is 15.1. The van der Waals surface area contributed by atoms with Gasteiger partial charge in [0.15, 0.2) is 0 Å². The molecule has 0 radical (unpaired) electrons. The number of benzene rings is 3. The minimum atomic E-state index is -0.606. The fourth-order valence-electron chi connectivity index (χ4n) is 3.40. The number of nitrogens with one attached hydrogen (secondary N) is 1. The smallest absolute Gasteiger partial charge is 0.256 e. The predicted octanol–water partition coefficient (Wildman–Crippen LogP) is 4.65. The van der Waals surface area contributed by atoms with Gasteiger partial charge in [-0.3, -0.25) is 9.59 Å². The minimum Gasteiger partial charge on any atom is -0.494 e. The number of carbonyl (C=O) groups excluding carboxylic acids is 2. The molecule has 3 aromatic carbocycles. The molecule has 0 fully saturated rings. The second-order valence-corrected chi connectivity index (χ2v) is 6.89. The number of anilines is 1. The quantitative estimate of drug-likeness (QED) is 0.483. The highest BCUT2D eigenvalue weighted by molar-refractivity contribution is 6.14. The lowest BCUT2D eigenvalue weighted by molar-refractivity contribution is 0.100. The summed E-state index contributed by atoms with van der Waals surface area (Å²) in [5.74, 6) is -0.182. The van der Waals surface area contributed by atoms with E-state index in [9.17, 15) is 9.59 Å². The predicted molar refractivity (Wildman–Crippen MR) is 121 cm³/mol. The Kier molecular flexibility index (Phi) is 5.62. The van der Waals surface area contributed by atoms with Crippen molar-refractivity contribution in [1.29, 1.82) is 0 Å². The molecule has 4 aromatic rings. The van der Waals surface area contributed by atoms with Crippen LogP contribution in [0.15, 0.2) is 78.9 Å². The van der Waals surface area contributed by atoms with Crippen LogP contribution in [0, 0.1) is 0 Å². The van der Waals surface area contributed by atoms with Crippen LogP contribution in [-0.4, -0.2) is 23.4 Å². The Bertz CT molecular complexity index is 1270. The zero-order valence-corrected chi connectivity index (χ0v) is 17.0. The van der Waals surface area contributed by atoms with Gasteiger partial charge in [-0.2, -0.15) is 0 Å². The van der Waals surface area contributed by atoms with E-state index in [4.69, 9.17) is 15.5 Å². The van der Waals surface area contributed by atoms with Crippen molar-refractivity contribution in [2.75, 3.05) is 11.9 Å². The average Bonchev–Trinajstić information content (AvgIpc) is 2.79. The van der Waals surface area contributed by atoms with Gasteiger partial charge in [0.2, 0.25) is 0 Å². The summed E-state index contributed by atoms with van der Waals surface area (Å²) in [6, 6.07) is 23.4. The monoisotopic (exact) mass is 411 g/mol. The molecule has 6 nitrogen and oxygen atoms in total. The summed E-state index contributed by atoms with van der Waals surface area (Å²) < 4.78 is 5.50. The van der Waals surface area contributed by atoms with Crippen molar-refractivity contribution in [3.8, 4) is 17.0 Å². The fraction of sp³-hybridized carbons (Fsp3) is 0.0800. The number of amides is 2. The number of ether oxygens (including phenoxy) is 1. The van der Waals surface area contributed by atoms with Crippen molar-refractivity contribution in [2.45, 2.75) is 6.92 Å². The molecule has 0 aliphatic heterocycles. The van der Waals surface area contributed by atoms with Crippen LogP contribution in [0.5, 0.6) is 5.75 Å². The SMILES string of the molecule is CCOc1ccc(-c2cc(C(=O)Nc3ccccc3C(N)=O)c3ccccc3n2)cc1. The van der Waals surface area contributed by atoms with E-state index >= 15 is 0 Å². The molecular formula is C25H21N3O3. The third-order valence-corrected chi connectivity index (χ3v) is 4.86. The van der Waals surface area contributed by atoms with Crippen LogP contribution in [0.3, 0.4) is 0 Å². The van der Waals surface area contributed by atoms with Crippen LogP contribution in [0.2, 0.25) is 0 Å². The molecule has 154 valence electrons. The number of fused-ring (bicyclic) bond motifs is 1. The van der Waals surface area contributed by atoms with Gasteiger partial charge in [-0.25, -0.2) is 4.98 Å². The average molecular weight is 411 g/mol. The maximum absolute atomic E-state index is 13.2. The Hall–Kier alpha value is -4.19. The van der Waals surface area contributed by atoms with Gasteiger partial charge in [-0.05, 0) is 55.5 Å². The molecule has 0 unspecified atom stereocenters. The summed E-state index contributed by atoms with van der Waals surface area (Å²) in [5.41, 5.74) is 8.73. The number of nitrogens with two attached hydrogens (primary N) is 1. The van der Waals surface area contributed by atoms with Gasteiger partial charge in [0.25, 0.3) is 11.8 Å². The van der Waals surface area contributed by atoms with Gasteiger partial charge in [0, 0.05) is 10.9 Å². The highest BCUT2D eigenvalue weighted by Crippen LogP contribution is 2.27. The standard InChI is InChI=1S/C25H21N3O3/c1-2-31-17-13-11-16(12-14-17)23-15-20(18-7-3-5-9-21(18)27-23)25(30)28-22-10-6-4-8-19(22)24(26)29/h3-15H,2H2,1H3,(H2,26,29)(H,28,30). The molecule has 0 aliphatic carbocycles. The van der Waals surface area contributed by atoms with E-state index in [1.54, 1.807) is 30.3 Å². The maximum Gasteiger partial charge on any atom is 0.256 e. The summed E-state index contributed by atoms with van der Waals surface area (Å²) in [7, 11) is 0. The molecule has 0 atom stereocenters. The van der Waals surface area contributed by atoms with Crippen molar-refractivity contribution >= 4 is 28.4 Å². The first-order valence-electron chi connectivity index (χ1n) is 9.90. The fourth-order valence-corrected chi connectivity index (χ4v) is 3.40. The molecule has 0 aliphatic rings. The van der Waals surface area contributed by atoms with Crippen molar-refractivity contribution in [3.05, 3.63) is 90.0 Å². The second kappa shape index (κ2) is 8.67. The van der Waals surface area contributed by atoms with Gasteiger partial charge in [-0.1, -0.05) is 30.3 Å². The van der Waals surface area contributed by atoms with Crippen LogP contribution in [-0.2, 0) is 0 Å². The first kappa shape index (κ1) is 20.1. The van der Waals surface area contributed by atoms with Gasteiger partial charge in [0.05, 0.1) is 34.6 Å². The summed E-state index contributed by atoms with van der Waals surface area (Å²) in [6.07, 6.45) is 0. The Morgan fingerprint density at radius 1 is 0.935 bits per heavy atom. The number of carbonyl (C=O) groups is 2. The molecule has 31 heavy (non-hydrogen) atoms. The van der Waals surface area contributed by atoms with E-state index in [1.165, 1.54) is 0 Å². The van der Waals surface area contributed by atoms with E-state index in [-0.39, 0.29) is 11.5 Å². The number of pyridine rings is 1. The largest absolute Gasteiger partial charge is 0.494 e. The number of rotatable bonds is 6. The van der Waals surface area contributed by atoms with E-state index in [0.717, 1.165) is 11.3 Å². The van der Waals surface area contributed by atoms with E-state index < -0.39 is 5.91 Å². The van der Waals surface area contributed by atoms with Crippen LogP contribution in [0.25, 0.3) is 22.2 Å². The van der Waals surface area contributed by atoms with E-state index in [0.29, 0.717) is 34.5 Å².